The summed E-state index contributed by atoms with van der Waals surface area (Å²) in [7, 11) is 0. The van der Waals surface area contributed by atoms with Gasteiger partial charge >= 0.3 is 228 Å². The number of hydrogen-bond donors (Lipinski definition) is 1. The summed E-state index contributed by atoms with van der Waals surface area (Å²) in [6.45, 7) is -1.55. The summed E-state index contributed by atoms with van der Waals surface area (Å²) >= 11 is 12.2. The van der Waals surface area contributed by atoms with Crippen molar-refractivity contribution in [2.24, 2.45) is 5.73 Å². The molecule has 0 aliphatic carbocycles. The first-order valence-electron chi connectivity index (χ1n) is 14.3. The van der Waals surface area contributed by atoms with Crippen LogP contribution in [0.1, 0.15) is 142 Å². The predicted molar refractivity (Wildman–Crippen MR) is 164 cm³/mol. The molecule has 38 heavy (non-hydrogen) atoms. The Bertz CT molecular complexity index is 655. The molecule has 0 rings (SSSR count). The van der Waals surface area contributed by atoms with Gasteiger partial charge in [-0.15, -0.1) is 0 Å². The van der Waals surface area contributed by atoms with Crippen molar-refractivity contribution in [2.75, 3.05) is 13.2 Å². The van der Waals surface area contributed by atoms with Gasteiger partial charge in [0, 0.05) is 0 Å². The number of carbonyl (C=O) groups is 1. The van der Waals surface area contributed by atoms with Gasteiger partial charge in [-0.05, 0) is 0 Å². The van der Waals surface area contributed by atoms with Crippen LogP contribution in [0.3, 0.4) is 0 Å². The summed E-state index contributed by atoms with van der Waals surface area (Å²) in [5.74, 6) is 0. The Balaban J connectivity index is 0. The van der Waals surface area contributed by atoms with Gasteiger partial charge in [0.05, 0.1) is 0 Å². The summed E-state index contributed by atoms with van der Waals surface area (Å²) in [6, 6.07) is 0. The fourth-order valence-corrected chi connectivity index (χ4v) is 10.1. The van der Waals surface area contributed by atoms with Crippen molar-refractivity contribution in [1.29, 1.82) is 0 Å². The van der Waals surface area contributed by atoms with Gasteiger partial charge in [-0.2, -0.15) is 0 Å². The summed E-state index contributed by atoms with van der Waals surface area (Å²) in [5, 5.41) is 0. The topological polar surface area (TPSA) is 89.2 Å². The monoisotopic (exact) mass is 710 g/mol. The molecule has 0 fully saturated rings. The van der Waals surface area contributed by atoms with E-state index in [1.165, 1.54) is 117 Å². The minimum atomic E-state index is -3.52. The average Bonchev–Trinajstić information content (AvgIpc) is 2.85. The number of rotatable bonds is 28. The predicted octanol–water partition coefficient (Wildman–Crippen LogP) is 9.25. The third-order valence-electron chi connectivity index (χ3n) is 5.99. The Hall–Kier alpha value is 2.10. The molecule has 0 aliphatic heterocycles. The second-order valence-electron chi connectivity index (χ2n) is 9.49. The third-order valence-corrected chi connectivity index (χ3v) is 13.7. The molecule has 0 aliphatic rings. The van der Waals surface area contributed by atoms with Gasteiger partial charge in [-0.1, -0.05) is 52.4 Å². The van der Waals surface area contributed by atoms with Crippen LogP contribution >= 0.6 is 13.4 Å². The first-order valence-corrected chi connectivity index (χ1v) is 20.2. The molecular formula is C25H53MoNNaO6P2S2. The van der Waals surface area contributed by atoms with Crippen molar-refractivity contribution in [3.63, 3.8) is 0 Å². The van der Waals surface area contributed by atoms with E-state index in [9.17, 15) is 4.79 Å². The molecule has 0 aromatic carbocycles. The van der Waals surface area contributed by atoms with Crippen molar-refractivity contribution in [2.45, 2.75) is 142 Å². The van der Waals surface area contributed by atoms with Gasteiger partial charge in [0.25, 0.3) is 0 Å². The van der Waals surface area contributed by atoms with Crippen LogP contribution in [0.2, 0.25) is 0 Å². The van der Waals surface area contributed by atoms with E-state index < -0.39 is 19.5 Å². The maximum absolute atomic E-state index is 11.4. The fraction of sp³-hybridized carbons (Fsp3) is 0.960. The normalized spacial score (nSPS) is 14.4. The van der Waals surface area contributed by atoms with Crippen LogP contribution in [0.15, 0.2) is 0 Å². The van der Waals surface area contributed by atoms with Crippen LogP contribution in [0.5, 0.6) is 0 Å². The number of hydrogen-bond acceptors (Lipinski definition) is 8. The van der Waals surface area contributed by atoms with Gasteiger partial charge in [0.15, 0.2) is 0 Å². The molecular weight excluding hydrogens is 655 g/mol. The molecule has 2 atom stereocenters. The third kappa shape index (κ3) is 27.0. The SMILES string of the molecule is CCCCCCCCCCCCOP(=S)([O][Mo])OP(=S)(OCCCCCCCCCCCC)OC(N)=O.[NaH]. The van der Waals surface area contributed by atoms with Crippen molar-refractivity contribution >= 4 is 72.7 Å². The van der Waals surface area contributed by atoms with Crippen LogP contribution in [-0.4, -0.2) is 48.9 Å². The van der Waals surface area contributed by atoms with E-state index >= 15 is 0 Å². The Morgan fingerprint density at radius 1 is 0.632 bits per heavy atom. The van der Waals surface area contributed by atoms with E-state index in [4.69, 9.17) is 50.4 Å². The zero-order chi connectivity index (χ0) is 27.7. The van der Waals surface area contributed by atoms with Crippen molar-refractivity contribution < 1.29 is 46.0 Å². The van der Waals surface area contributed by atoms with Crippen LogP contribution in [0, 0.1) is 0 Å². The number of primary amides is 1. The summed E-state index contributed by atoms with van der Waals surface area (Å²) in [6.07, 6.45) is 23.2. The zero-order valence-electron chi connectivity index (χ0n) is 23.2. The quantitative estimate of drug-likeness (QED) is 0.0489. The second-order valence-corrected chi connectivity index (χ2v) is 16.6. The van der Waals surface area contributed by atoms with E-state index in [-0.39, 0.29) is 29.6 Å². The molecule has 223 valence electrons. The first kappa shape index (κ1) is 42.2. The first-order chi connectivity index (χ1) is 17.8. The Morgan fingerprint density at radius 3 is 1.26 bits per heavy atom. The van der Waals surface area contributed by atoms with E-state index in [1.807, 2.05) is 0 Å². The molecule has 0 heterocycles. The van der Waals surface area contributed by atoms with Crippen LogP contribution in [-0.2, 0) is 64.9 Å². The van der Waals surface area contributed by atoms with E-state index in [1.54, 1.807) is 0 Å². The van der Waals surface area contributed by atoms with Crippen molar-refractivity contribution in [1.82, 2.24) is 0 Å². The second kappa shape index (κ2) is 29.2. The molecule has 1 amide bonds. The Morgan fingerprint density at radius 2 is 0.947 bits per heavy atom. The van der Waals surface area contributed by atoms with Crippen molar-refractivity contribution in [3.8, 4) is 0 Å². The number of nitrogens with two attached hydrogens (primary N) is 1. The molecule has 2 unspecified atom stereocenters. The van der Waals surface area contributed by atoms with Crippen molar-refractivity contribution in [3.05, 3.63) is 0 Å². The standard InChI is InChI=1S/C25H53NO6P2S2.Mo.Na.H/c1-3-5-7-9-11-13-15-17-19-21-23-29-33(28,35)32-34(36,31-25(26)27)30-24-22-20-18-16-14-12-10-8-6-4-2;;;/h3-24H2,1-2H3,(H2,26,27)(H,28,35);;;/q;+1;;/p-1. The van der Waals surface area contributed by atoms with E-state index in [0.717, 1.165) is 32.1 Å². The minimum absolute atomic E-state index is 0. The fourth-order valence-electron chi connectivity index (χ4n) is 3.89. The molecule has 7 nitrogen and oxygen atoms in total. The summed E-state index contributed by atoms with van der Waals surface area (Å²) in [4.78, 5) is 11.4. The van der Waals surface area contributed by atoms with Crippen LogP contribution in [0.4, 0.5) is 4.79 Å². The molecule has 2 N–H and O–H groups in total. The molecule has 13 heteroatoms. The number of amides is 1. The summed E-state index contributed by atoms with van der Waals surface area (Å²) < 4.78 is 27.6. The molecule has 0 radical (unpaired) electrons. The number of unbranched alkanes of at least 4 members (excludes halogenated alkanes) is 18. The molecule has 0 bridgehead atoms. The van der Waals surface area contributed by atoms with Gasteiger partial charge in [0.1, 0.15) is 0 Å². The molecule has 0 spiro atoms. The van der Waals surface area contributed by atoms with Gasteiger partial charge in [-0.3, -0.25) is 0 Å². The molecule has 0 saturated carbocycles. The molecule has 0 aromatic heterocycles. The van der Waals surface area contributed by atoms with E-state index in [0.29, 0.717) is 13.2 Å². The van der Waals surface area contributed by atoms with Gasteiger partial charge in [0.2, 0.25) is 0 Å². The van der Waals surface area contributed by atoms with Gasteiger partial charge in [-0.25, -0.2) is 0 Å². The number of carbonyl (C=O) groups excluding carboxylic acids is 1. The Kier molecular flexibility index (Phi) is 32.4. The average molecular weight is 709 g/mol. The van der Waals surface area contributed by atoms with Crippen LogP contribution < -0.4 is 5.73 Å². The van der Waals surface area contributed by atoms with Gasteiger partial charge < -0.3 is 0 Å². The zero-order valence-corrected chi connectivity index (χ0v) is 28.6. The Labute approximate surface area is 277 Å². The maximum atomic E-state index is 11.4. The van der Waals surface area contributed by atoms with Crippen LogP contribution in [0.25, 0.3) is 0 Å². The molecule has 0 saturated heterocycles. The summed E-state index contributed by atoms with van der Waals surface area (Å²) in [5.41, 5.74) is 5.22. The molecule has 0 aromatic rings. The van der Waals surface area contributed by atoms with E-state index in [2.05, 4.69) is 13.8 Å².